The molecule has 1 rings (SSSR count). The number of nitrogens with one attached hydrogen (secondary N) is 1. The van der Waals surface area contributed by atoms with E-state index in [0.717, 1.165) is 6.33 Å². The Morgan fingerprint density at radius 2 is 2.13 bits per heavy atom. The summed E-state index contributed by atoms with van der Waals surface area (Å²) in [6.45, 7) is 0.955. The summed E-state index contributed by atoms with van der Waals surface area (Å²) in [5.41, 5.74) is 0.110. The molecular formula is C8H10F3N3O. The molecule has 0 saturated heterocycles. The van der Waals surface area contributed by atoms with Crippen LogP contribution in [-0.2, 0) is 0 Å². The SMILES string of the molecule is Cc1ncnc(NCC(O)C(F)F)c1F. The van der Waals surface area contributed by atoms with Crippen molar-refractivity contribution in [2.75, 3.05) is 11.9 Å². The van der Waals surface area contributed by atoms with Crippen LogP contribution in [0.3, 0.4) is 0 Å². The Morgan fingerprint density at radius 3 is 2.73 bits per heavy atom. The maximum atomic E-state index is 13.2. The van der Waals surface area contributed by atoms with E-state index in [-0.39, 0.29) is 11.5 Å². The van der Waals surface area contributed by atoms with Gasteiger partial charge in [-0.05, 0) is 6.92 Å². The molecule has 0 aromatic carbocycles. The third kappa shape index (κ3) is 3.05. The fourth-order valence-corrected chi connectivity index (χ4v) is 0.871. The van der Waals surface area contributed by atoms with Crippen molar-refractivity contribution in [3.8, 4) is 0 Å². The molecule has 15 heavy (non-hydrogen) atoms. The van der Waals surface area contributed by atoms with E-state index in [9.17, 15) is 13.2 Å². The molecule has 0 radical (unpaired) electrons. The molecule has 84 valence electrons. The lowest BCUT2D eigenvalue weighted by Gasteiger charge is -2.11. The van der Waals surface area contributed by atoms with Gasteiger partial charge in [-0.3, -0.25) is 0 Å². The number of halogens is 3. The Bertz CT molecular complexity index is 335. The van der Waals surface area contributed by atoms with Crippen molar-refractivity contribution >= 4 is 5.82 Å². The highest BCUT2D eigenvalue weighted by atomic mass is 19.3. The van der Waals surface area contributed by atoms with Gasteiger partial charge in [-0.15, -0.1) is 0 Å². The highest BCUT2D eigenvalue weighted by Crippen LogP contribution is 2.12. The Labute approximate surface area is 84.2 Å². The molecule has 1 heterocycles. The van der Waals surface area contributed by atoms with E-state index in [1.807, 2.05) is 0 Å². The Morgan fingerprint density at radius 1 is 1.47 bits per heavy atom. The Hall–Kier alpha value is -1.37. The fourth-order valence-electron chi connectivity index (χ4n) is 0.871. The maximum Gasteiger partial charge on any atom is 0.265 e. The van der Waals surface area contributed by atoms with Gasteiger partial charge in [0.15, 0.2) is 11.6 Å². The number of hydrogen-bond donors (Lipinski definition) is 2. The maximum absolute atomic E-state index is 13.2. The first-order chi connectivity index (χ1) is 7.02. The number of aryl methyl sites for hydroxylation is 1. The Balaban J connectivity index is 2.62. The van der Waals surface area contributed by atoms with Gasteiger partial charge >= 0.3 is 0 Å². The summed E-state index contributed by atoms with van der Waals surface area (Å²) in [5.74, 6) is -0.902. The van der Waals surface area contributed by atoms with Crippen LogP contribution in [0.1, 0.15) is 5.69 Å². The summed E-state index contributed by atoms with van der Waals surface area (Å²) in [5, 5.41) is 11.0. The average molecular weight is 221 g/mol. The zero-order chi connectivity index (χ0) is 11.4. The van der Waals surface area contributed by atoms with Crippen molar-refractivity contribution in [3.63, 3.8) is 0 Å². The standard InChI is InChI=1S/C8H10F3N3O/c1-4-6(9)8(14-3-13-4)12-2-5(15)7(10)11/h3,5,7,15H,2H2,1H3,(H,12,13,14). The molecule has 4 nitrogen and oxygen atoms in total. The third-order valence-electron chi connectivity index (χ3n) is 1.73. The Kier molecular flexibility index (Phi) is 3.84. The zero-order valence-corrected chi connectivity index (χ0v) is 7.91. The van der Waals surface area contributed by atoms with Gasteiger partial charge in [-0.2, -0.15) is 0 Å². The van der Waals surface area contributed by atoms with E-state index >= 15 is 0 Å². The average Bonchev–Trinajstić information content (AvgIpc) is 2.19. The first kappa shape index (κ1) is 11.7. The minimum absolute atomic E-state index is 0.110. The van der Waals surface area contributed by atoms with Gasteiger partial charge in [0.1, 0.15) is 12.4 Å². The van der Waals surface area contributed by atoms with E-state index in [4.69, 9.17) is 5.11 Å². The van der Waals surface area contributed by atoms with Crippen molar-refractivity contribution in [1.29, 1.82) is 0 Å². The lowest BCUT2D eigenvalue weighted by Crippen LogP contribution is -2.27. The number of nitrogens with zero attached hydrogens (tertiary/aromatic N) is 2. The van der Waals surface area contributed by atoms with Gasteiger partial charge in [-0.25, -0.2) is 23.1 Å². The molecule has 1 atom stereocenters. The second-order valence-electron chi connectivity index (χ2n) is 2.90. The van der Waals surface area contributed by atoms with Crippen LogP contribution in [0.25, 0.3) is 0 Å². The number of anilines is 1. The number of alkyl halides is 2. The quantitative estimate of drug-likeness (QED) is 0.795. The molecule has 1 aromatic rings. The van der Waals surface area contributed by atoms with Gasteiger partial charge in [0, 0.05) is 6.54 Å². The molecule has 7 heteroatoms. The van der Waals surface area contributed by atoms with Crippen LogP contribution in [-0.4, -0.2) is 34.1 Å². The monoisotopic (exact) mass is 221 g/mol. The van der Waals surface area contributed by atoms with Gasteiger partial charge in [-0.1, -0.05) is 0 Å². The molecule has 1 unspecified atom stereocenters. The van der Waals surface area contributed by atoms with Crippen molar-refractivity contribution < 1.29 is 18.3 Å². The third-order valence-corrected chi connectivity index (χ3v) is 1.73. The normalized spacial score (nSPS) is 12.9. The molecule has 1 aromatic heterocycles. The molecule has 0 bridgehead atoms. The van der Waals surface area contributed by atoms with Crippen LogP contribution < -0.4 is 5.32 Å². The van der Waals surface area contributed by atoms with Gasteiger partial charge in [0.05, 0.1) is 5.69 Å². The van der Waals surface area contributed by atoms with Crippen LogP contribution in [0, 0.1) is 12.7 Å². The van der Waals surface area contributed by atoms with Crippen molar-refractivity contribution in [1.82, 2.24) is 9.97 Å². The van der Waals surface area contributed by atoms with Gasteiger partial charge in [0.25, 0.3) is 6.43 Å². The zero-order valence-electron chi connectivity index (χ0n) is 7.91. The van der Waals surface area contributed by atoms with E-state index in [0.29, 0.717) is 0 Å². The largest absolute Gasteiger partial charge is 0.385 e. The summed E-state index contributed by atoms with van der Waals surface area (Å²) in [6.07, 6.45) is -3.61. The van der Waals surface area contributed by atoms with Gasteiger partial charge < -0.3 is 10.4 Å². The summed E-state index contributed by atoms with van der Waals surface area (Å²) >= 11 is 0. The fraction of sp³-hybridized carbons (Fsp3) is 0.500. The highest BCUT2D eigenvalue weighted by Gasteiger charge is 2.17. The first-order valence-corrected chi connectivity index (χ1v) is 4.19. The molecule has 0 aliphatic rings. The lowest BCUT2D eigenvalue weighted by molar-refractivity contribution is 0.00377. The number of aliphatic hydroxyl groups excluding tert-OH is 1. The minimum atomic E-state index is -2.87. The van der Waals surface area contributed by atoms with E-state index < -0.39 is 24.9 Å². The molecule has 2 N–H and O–H groups in total. The van der Waals surface area contributed by atoms with Crippen molar-refractivity contribution in [2.45, 2.75) is 19.5 Å². The molecule has 0 spiro atoms. The van der Waals surface area contributed by atoms with E-state index in [1.165, 1.54) is 6.92 Å². The van der Waals surface area contributed by atoms with Crippen molar-refractivity contribution in [3.05, 3.63) is 17.8 Å². The van der Waals surface area contributed by atoms with Crippen LogP contribution in [0.4, 0.5) is 19.0 Å². The van der Waals surface area contributed by atoms with Crippen molar-refractivity contribution in [2.24, 2.45) is 0 Å². The van der Waals surface area contributed by atoms with Crippen LogP contribution >= 0.6 is 0 Å². The smallest absolute Gasteiger partial charge is 0.265 e. The number of aromatic nitrogens is 2. The predicted molar refractivity (Wildman–Crippen MR) is 47.2 cm³/mol. The predicted octanol–water partition coefficient (Wildman–Crippen LogP) is 0.962. The number of aliphatic hydroxyl groups is 1. The van der Waals surface area contributed by atoms with Gasteiger partial charge in [0.2, 0.25) is 0 Å². The first-order valence-electron chi connectivity index (χ1n) is 4.19. The van der Waals surface area contributed by atoms with E-state index in [1.54, 1.807) is 0 Å². The second-order valence-corrected chi connectivity index (χ2v) is 2.90. The molecule has 0 saturated carbocycles. The van der Waals surface area contributed by atoms with Crippen LogP contribution in [0.2, 0.25) is 0 Å². The molecule has 0 aliphatic carbocycles. The number of hydrogen-bond acceptors (Lipinski definition) is 4. The molecule has 0 fully saturated rings. The van der Waals surface area contributed by atoms with Crippen LogP contribution in [0.5, 0.6) is 0 Å². The summed E-state index contributed by atoms with van der Waals surface area (Å²) < 4.78 is 37.0. The lowest BCUT2D eigenvalue weighted by atomic mass is 10.3. The van der Waals surface area contributed by atoms with E-state index in [2.05, 4.69) is 15.3 Å². The molecule has 0 amide bonds. The minimum Gasteiger partial charge on any atom is -0.385 e. The summed E-state index contributed by atoms with van der Waals surface area (Å²) in [6, 6.07) is 0. The summed E-state index contributed by atoms with van der Waals surface area (Å²) in [7, 11) is 0. The molecule has 0 aliphatic heterocycles. The highest BCUT2D eigenvalue weighted by molar-refractivity contribution is 5.36. The second kappa shape index (κ2) is 4.92. The topological polar surface area (TPSA) is 58.0 Å². The number of rotatable bonds is 4. The summed E-state index contributed by atoms with van der Waals surface area (Å²) in [4.78, 5) is 7.08. The van der Waals surface area contributed by atoms with Crippen LogP contribution in [0.15, 0.2) is 6.33 Å². The molecular weight excluding hydrogens is 211 g/mol.